The molecule has 0 spiro atoms. The van der Waals surface area contributed by atoms with Crippen molar-refractivity contribution in [2.75, 3.05) is 19.0 Å². The third-order valence-electron chi connectivity index (χ3n) is 5.46. The van der Waals surface area contributed by atoms with Crippen molar-refractivity contribution in [3.8, 4) is 11.5 Å². The molecule has 1 aliphatic heterocycles. The molecule has 1 aliphatic carbocycles. The first-order valence-corrected chi connectivity index (χ1v) is 10.0. The fourth-order valence-electron chi connectivity index (χ4n) is 4.23. The summed E-state index contributed by atoms with van der Waals surface area (Å²) in [6, 6.07) is 9.20. The van der Waals surface area contributed by atoms with Crippen molar-refractivity contribution in [1.82, 2.24) is 0 Å². The Hall–Kier alpha value is -2.54. The third-order valence-corrected chi connectivity index (χ3v) is 6.05. The van der Waals surface area contributed by atoms with E-state index in [1.807, 2.05) is 19.1 Å². The maximum atomic E-state index is 11.2. The molecule has 0 radical (unpaired) electrons. The van der Waals surface area contributed by atoms with E-state index in [0.29, 0.717) is 18.1 Å². The second-order valence-electron chi connectivity index (χ2n) is 6.97. The Morgan fingerprint density at radius 1 is 1.32 bits per heavy atom. The zero-order valence-corrected chi connectivity index (χ0v) is 17.2. The molecule has 0 amide bonds. The number of ether oxygens (including phenoxy) is 2. The maximum absolute atomic E-state index is 11.2. The van der Waals surface area contributed by atoms with Crippen LogP contribution in [0, 0.1) is 16.0 Å². The van der Waals surface area contributed by atoms with Gasteiger partial charge < -0.3 is 14.8 Å². The van der Waals surface area contributed by atoms with Gasteiger partial charge in [0.25, 0.3) is 5.69 Å². The number of rotatable bonds is 5. The summed E-state index contributed by atoms with van der Waals surface area (Å²) in [5, 5.41) is 14.8. The van der Waals surface area contributed by atoms with Gasteiger partial charge in [0.1, 0.15) is 0 Å². The number of anilines is 1. The van der Waals surface area contributed by atoms with E-state index in [1.165, 1.54) is 0 Å². The molecule has 2 aromatic rings. The first-order chi connectivity index (χ1) is 13.5. The first kappa shape index (κ1) is 18.8. The number of allylic oxidation sites excluding steroid dienone is 2. The van der Waals surface area contributed by atoms with Crippen LogP contribution in [0.5, 0.6) is 11.5 Å². The topological polar surface area (TPSA) is 73.6 Å². The normalized spacial score (nSPS) is 22.2. The van der Waals surface area contributed by atoms with Gasteiger partial charge in [0, 0.05) is 23.7 Å². The Bertz CT molecular complexity index is 960. The van der Waals surface area contributed by atoms with E-state index in [4.69, 9.17) is 9.47 Å². The number of non-ortho nitro benzene ring substituents is 1. The average molecular weight is 445 g/mol. The second kappa shape index (κ2) is 7.47. The zero-order valence-electron chi connectivity index (χ0n) is 15.6. The van der Waals surface area contributed by atoms with Gasteiger partial charge in [-0.25, -0.2) is 0 Å². The predicted molar refractivity (Wildman–Crippen MR) is 111 cm³/mol. The highest BCUT2D eigenvalue weighted by Gasteiger charge is 2.39. The number of fused-ring (bicyclic) bond motifs is 3. The number of methoxy groups -OCH3 is 1. The summed E-state index contributed by atoms with van der Waals surface area (Å²) in [6.07, 6.45) is 5.25. The monoisotopic (exact) mass is 444 g/mol. The van der Waals surface area contributed by atoms with Gasteiger partial charge in [-0.1, -0.05) is 12.2 Å². The summed E-state index contributed by atoms with van der Waals surface area (Å²) < 4.78 is 12.1. The number of nitro benzene ring substituents is 1. The molecule has 3 atom stereocenters. The van der Waals surface area contributed by atoms with Crippen LogP contribution in [0.15, 0.2) is 47.0 Å². The molecule has 28 heavy (non-hydrogen) atoms. The van der Waals surface area contributed by atoms with Crippen molar-refractivity contribution in [3.05, 3.63) is 68.2 Å². The van der Waals surface area contributed by atoms with Crippen molar-refractivity contribution in [2.24, 2.45) is 5.92 Å². The van der Waals surface area contributed by atoms with Crippen molar-refractivity contribution >= 4 is 27.3 Å². The fraction of sp³-hybridized carbons (Fsp3) is 0.333. The molecule has 1 heterocycles. The molecular formula is C21H21BrN2O4. The minimum atomic E-state index is -0.339. The molecule has 7 heteroatoms. The highest BCUT2D eigenvalue weighted by atomic mass is 79.9. The smallest absolute Gasteiger partial charge is 0.269 e. The van der Waals surface area contributed by atoms with Gasteiger partial charge in [0.2, 0.25) is 0 Å². The molecule has 0 bridgehead atoms. The number of nitro groups is 1. The SMILES string of the molecule is CCOc1c(Br)cc(C2Nc3ccc([N+](=O)[O-])cc3C3C=CCC32)cc1OC. The lowest BCUT2D eigenvalue weighted by atomic mass is 9.77. The molecule has 0 fully saturated rings. The summed E-state index contributed by atoms with van der Waals surface area (Å²) in [5.41, 5.74) is 3.15. The van der Waals surface area contributed by atoms with Gasteiger partial charge in [-0.3, -0.25) is 10.1 Å². The summed E-state index contributed by atoms with van der Waals surface area (Å²) in [5.74, 6) is 1.81. The lowest BCUT2D eigenvalue weighted by Crippen LogP contribution is -2.29. The van der Waals surface area contributed by atoms with E-state index >= 15 is 0 Å². The maximum Gasteiger partial charge on any atom is 0.269 e. The van der Waals surface area contributed by atoms with Crippen LogP contribution in [0.3, 0.4) is 0 Å². The van der Waals surface area contributed by atoms with Gasteiger partial charge in [-0.2, -0.15) is 0 Å². The Morgan fingerprint density at radius 3 is 2.86 bits per heavy atom. The van der Waals surface area contributed by atoms with Gasteiger partial charge in [0.15, 0.2) is 11.5 Å². The predicted octanol–water partition coefficient (Wildman–Crippen LogP) is 5.59. The van der Waals surface area contributed by atoms with Crippen LogP contribution in [0.1, 0.15) is 36.4 Å². The molecule has 0 saturated carbocycles. The molecule has 1 N–H and O–H groups in total. The average Bonchev–Trinajstić information content (AvgIpc) is 3.18. The number of halogens is 1. The van der Waals surface area contributed by atoms with Crippen LogP contribution in [0.2, 0.25) is 0 Å². The van der Waals surface area contributed by atoms with Gasteiger partial charge in [-0.05, 0) is 64.5 Å². The standard InChI is InChI=1S/C21H21BrN2O4/c1-3-28-21-17(22)9-12(10-19(21)27-2)20-15-6-4-5-14(15)16-11-13(24(25)26)7-8-18(16)23-20/h4-5,7-11,14-15,20,23H,3,6H2,1-2H3. The van der Waals surface area contributed by atoms with Crippen molar-refractivity contribution in [3.63, 3.8) is 0 Å². The van der Waals surface area contributed by atoms with Gasteiger partial charge >= 0.3 is 0 Å². The number of nitrogens with zero attached hydrogens (tertiary/aromatic N) is 1. The highest BCUT2D eigenvalue weighted by molar-refractivity contribution is 9.10. The Balaban J connectivity index is 1.76. The quantitative estimate of drug-likeness (QED) is 0.369. The first-order valence-electron chi connectivity index (χ1n) is 9.25. The molecular weight excluding hydrogens is 424 g/mol. The van der Waals surface area contributed by atoms with E-state index in [1.54, 1.807) is 19.2 Å². The second-order valence-corrected chi connectivity index (χ2v) is 7.83. The van der Waals surface area contributed by atoms with E-state index in [0.717, 1.165) is 27.7 Å². The van der Waals surface area contributed by atoms with Crippen LogP contribution < -0.4 is 14.8 Å². The molecule has 4 rings (SSSR count). The van der Waals surface area contributed by atoms with Crippen molar-refractivity contribution in [1.29, 1.82) is 0 Å². The van der Waals surface area contributed by atoms with Crippen molar-refractivity contribution in [2.45, 2.75) is 25.3 Å². The molecule has 0 aromatic heterocycles. The highest BCUT2D eigenvalue weighted by Crippen LogP contribution is 2.51. The fourth-order valence-corrected chi connectivity index (χ4v) is 4.80. The molecule has 6 nitrogen and oxygen atoms in total. The zero-order chi connectivity index (χ0) is 19.8. The minimum absolute atomic E-state index is 0.0647. The van der Waals surface area contributed by atoms with E-state index in [2.05, 4.69) is 39.5 Å². The molecule has 0 saturated heterocycles. The summed E-state index contributed by atoms with van der Waals surface area (Å²) in [6.45, 7) is 2.49. The Labute approximate surface area is 171 Å². The summed E-state index contributed by atoms with van der Waals surface area (Å²) >= 11 is 3.61. The summed E-state index contributed by atoms with van der Waals surface area (Å²) in [7, 11) is 1.64. The molecule has 2 aromatic carbocycles. The number of benzene rings is 2. The Kier molecular flexibility index (Phi) is 5.02. The van der Waals surface area contributed by atoms with E-state index in [9.17, 15) is 10.1 Å². The van der Waals surface area contributed by atoms with Crippen LogP contribution in [0.4, 0.5) is 11.4 Å². The molecule has 3 unspecified atom stereocenters. The molecule has 146 valence electrons. The van der Waals surface area contributed by atoms with E-state index < -0.39 is 0 Å². The van der Waals surface area contributed by atoms with Gasteiger partial charge in [-0.15, -0.1) is 0 Å². The van der Waals surface area contributed by atoms with Crippen LogP contribution in [-0.2, 0) is 0 Å². The van der Waals surface area contributed by atoms with E-state index in [-0.39, 0.29) is 28.5 Å². The Morgan fingerprint density at radius 2 is 2.14 bits per heavy atom. The lowest BCUT2D eigenvalue weighted by Gasteiger charge is -2.37. The van der Waals surface area contributed by atoms with Crippen molar-refractivity contribution < 1.29 is 14.4 Å². The third kappa shape index (κ3) is 3.13. The number of hydrogen-bond acceptors (Lipinski definition) is 5. The lowest BCUT2D eigenvalue weighted by molar-refractivity contribution is -0.384. The number of hydrogen-bond donors (Lipinski definition) is 1. The van der Waals surface area contributed by atoms with Crippen LogP contribution in [0.25, 0.3) is 0 Å². The van der Waals surface area contributed by atoms with Crippen LogP contribution >= 0.6 is 15.9 Å². The summed E-state index contributed by atoms with van der Waals surface area (Å²) in [4.78, 5) is 10.9. The van der Waals surface area contributed by atoms with Crippen LogP contribution in [-0.4, -0.2) is 18.6 Å². The molecule has 2 aliphatic rings. The number of nitrogens with one attached hydrogen (secondary N) is 1. The largest absolute Gasteiger partial charge is 0.493 e. The van der Waals surface area contributed by atoms with Gasteiger partial charge in [0.05, 0.1) is 29.2 Å². The minimum Gasteiger partial charge on any atom is -0.493 e.